The Morgan fingerprint density at radius 2 is 2.29 bits per heavy atom. The third-order valence-corrected chi connectivity index (χ3v) is 1.82. The lowest BCUT2D eigenvalue weighted by Crippen LogP contribution is -2.35. The molecule has 4 heteroatoms. The van der Waals surface area contributed by atoms with Crippen LogP contribution < -0.4 is 5.32 Å². The van der Waals surface area contributed by atoms with Gasteiger partial charge in [0, 0.05) is 0 Å². The average molecular weight is 222 g/mol. The Balaban J connectivity index is 0. The predicted octanol–water partition coefficient (Wildman–Crippen LogP) is 1.92. The zero-order valence-electron chi connectivity index (χ0n) is 8.91. The molecule has 0 amide bonds. The molecule has 1 unspecified atom stereocenters. The van der Waals surface area contributed by atoms with Gasteiger partial charge in [0.05, 0.1) is 6.61 Å². The van der Waals surface area contributed by atoms with Gasteiger partial charge in [0.15, 0.2) is 0 Å². The quantitative estimate of drug-likeness (QED) is 0.406. The molecule has 0 spiro atoms. The van der Waals surface area contributed by atoms with Gasteiger partial charge in [0.2, 0.25) is 0 Å². The fourth-order valence-corrected chi connectivity index (χ4v) is 1.09. The topological polar surface area (TPSA) is 38.3 Å². The highest BCUT2D eigenvalue weighted by Crippen LogP contribution is 2.02. The molecule has 0 bridgehead atoms. The molecule has 0 aliphatic carbocycles. The van der Waals surface area contributed by atoms with E-state index in [0.717, 1.165) is 19.3 Å². The number of ether oxygens (including phenoxy) is 1. The second kappa shape index (κ2) is 10.5. The molecule has 0 aromatic heterocycles. The minimum atomic E-state index is -0.167. The number of carbonyl (C=O) groups is 1. The third-order valence-electron chi connectivity index (χ3n) is 1.82. The van der Waals surface area contributed by atoms with Crippen LogP contribution in [0.1, 0.15) is 26.2 Å². The molecule has 1 atom stereocenters. The van der Waals surface area contributed by atoms with Gasteiger partial charge in [0.25, 0.3) is 0 Å². The molecule has 0 radical (unpaired) electrons. The Kier molecular flexibility index (Phi) is 12.0. The highest BCUT2D eigenvalue weighted by atomic mass is 35.5. The Morgan fingerprint density at radius 1 is 1.64 bits per heavy atom. The fourth-order valence-electron chi connectivity index (χ4n) is 1.09. The van der Waals surface area contributed by atoms with Crippen LogP contribution in [0.25, 0.3) is 0 Å². The maximum Gasteiger partial charge on any atom is 0.323 e. The van der Waals surface area contributed by atoms with Gasteiger partial charge in [0.1, 0.15) is 6.04 Å². The lowest BCUT2D eigenvalue weighted by molar-refractivity contribution is -0.145. The molecule has 0 heterocycles. The largest absolute Gasteiger partial charge is 0.465 e. The summed E-state index contributed by atoms with van der Waals surface area (Å²) in [4.78, 5) is 11.3. The number of likely N-dealkylation sites (N-methyl/N-ethyl adjacent to an activating group) is 1. The Morgan fingerprint density at radius 3 is 2.71 bits per heavy atom. The number of hydrogen-bond donors (Lipinski definition) is 1. The summed E-state index contributed by atoms with van der Waals surface area (Å²) in [6.45, 7) is 5.88. The van der Waals surface area contributed by atoms with Crippen LogP contribution in [-0.4, -0.2) is 25.7 Å². The van der Waals surface area contributed by atoms with Crippen molar-refractivity contribution in [1.82, 2.24) is 5.32 Å². The molecule has 0 aliphatic heterocycles. The van der Waals surface area contributed by atoms with E-state index in [4.69, 9.17) is 4.74 Å². The average Bonchev–Trinajstić information content (AvgIpc) is 2.13. The van der Waals surface area contributed by atoms with Crippen molar-refractivity contribution in [2.75, 3.05) is 13.7 Å². The maximum absolute atomic E-state index is 11.3. The summed E-state index contributed by atoms with van der Waals surface area (Å²) in [6, 6.07) is -0.167. The number of esters is 1. The molecule has 0 aromatic carbocycles. The van der Waals surface area contributed by atoms with Crippen molar-refractivity contribution >= 4 is 18.4 Å². The highest BCUT2D eigenvalue weighted by molar-refractivity contribution is 5.85. The van der Waals surface area contributed by atoms with Gasteiger partial charge in [-0.1, -0.05) is 6.08 Å². The normalized spacial score (nSPS) is 11.3. The van der Waals surface area contributed by atoms with Crippen molar-refractivity contribution in [3.8, 4) is 0 Å². The van der Waals surface area contributed by atoms with Gasteiger partial charge < -0.3 is 10.1 Å². The lowest BCUT2D eigenvalue weighted by atomic mass is 10.1. The van der Waals surface area contributed by atoms with Crippen molar-refractivity contribution in [2.45, 2.75) is 32.2 Å². The van der Waals surface area contributed by atoms with Crippen LogP contribution in [0, 0.1) is 0 Å². The molecule has 1 N–H and O–H groups in total. The van der Waals surface area contributed by atoms with E-state index < -0.39 is 0 Å². The molecule has 84 valence electrons. The SMILES string of the molecule is C=CCCCC(NC)C(=O)OCC.Cl. The predicted molar refractivity (Wildman–Crippen MR) is 60.8 cm³/mol. The molecular weight excluding hydrogens is 202 g/mol. The zero-order chi connectivity index (χ0) is 10.1. The molecular formula is C10H20ClNO2. The molecule has 0 saturated heterocycles. The van der Waals surface area contributed by atoms with Gasteiger partial charge in [-0.3, -0.25) is 4.79 Å². The first-order valence-corrected chi connectivity index (χ1v) is 4.71. The van der Waals surface area contributed by atoms with Gasteiger partial charge >= 0.3 is 5.97 Å². The number of unbranched alkanes of at least 4 members (excludes halogenated alkanes) is 1. The van der Waals surface area contributed by atoms with Crippen LogP contribution in [0.4, 0.5) is 0 Å². The van der Waals surface area contributed by atoms with E-state index in [-0.39, 0.29) is 24.4 Å². The maximum atomic E-state index is 11.3. The molecule has 0 aromatic rings. The standard InChI is InChI=1S/C10H19NO2.ClH/c1-4-6-7-8-9(11-3)10(12)13-5-2;/h4,9,11H,1,5-8H2,2-3H3;1H. The lowest BCUT2D eigenvalue weighted by Gasteiger charge is -2.13. The van der Waals surface area contributed by atoms with E-state index in [1.165, 1.54) is 0 Å². The number of nitrogens with one attached hydrogen (secondary N) is 1. The van der Waals surface area contributed by atoms with Crippen LogP contribution in [-0.2, 0) is 9.53 Å². The molecule has 0 saturated carbocycles. The monoisotopic (exact) mass is 221 g/mol. The highest BCUT2D eigenvalue weighted by Gasteiger charge is 2.15. The summed E-state index contributed by atoms with van der Waals surface area (Å²) in [5.41, 5.74) is 0. The van der Waals surface area contributed by atoms with E-state index in [1.54, 1.807) is 7.05 Å². The summed E-state index contributed by atoms with van der Waals surface area (Å²) in [6.07, 6.45) is 4.57. The van der Waals surface area contributed by atoms with E-state index in [0.29, 0.717) is 6.61 Å². The molecule has 0 fully saturated rings. The van der Waals surface area contributed by atoms with E-state index in [2.05, 4.69) is 11.9 Å². The molecule has 3 nitrogen and oxygen atoms in total. The van der Waals surface area contributed by atoms with Crippen molar-refractivity contribution in [1.29, 1.82) is 0 Å². The Labute approximate surface area is 92.3 Å². The number of carbonyl (C=O) groups excluding carboxylic acids is 1. The third kappa shape index (κ3) is 6.92. The van der Waals surface area contributed by atoms with Gasteiger partial charge in [-0.15, -0.1) is 19.0 Å². The fraction of sp³-hybridized carbons (Fsp3) is 0.700. The summed E-state index contributed by atoms with van der Waals surface area (Å²) in [5, 5.41) is 2.94. The molecule has 0 aliphatic rings. The van der Waals surface area contributed by atoms with Crippen molar-refractivity contribution < 1.29 is 9.53 Å². The smallest absolute Gasteiger partial charge is 0.323 e. The zero-order valence-corrected chi connectivity index (χ0v) is 9.73. The van der Waals surface area contributed by atoms with Crippen LogP contribution in [0.3, 0.4) is 0 Å². The first-order valence-electron chi connectivity index (χ1n) is 4.71. The van der Waals surface area contributed by atoms with E-state index in [1.807, 2.05) is 13.0 Å². The minimum Gasteiger partial charge on any atom is -0.465 e. The number of hydrogen-bond acceptors (Lipinski definition) is 3. The summed E-state index contributed by atoms with van der Waals surface area (Å²) in [5.74, 6) is -0.158. The van der Waals surface area contributed by atoms with Crippen LogP contribution >= 0.6 is 12.4 Å². The summed E-state index contributed by atoms with van der Waals surface area (Å²) >= 11 is 0. The number of rotatable bonds is 7. The van der Waals surface area contributed by atoms with Crippen molar-refractivity contribution in [2.24, 2.45) is 0 Å². The second-order valence-electron chi connectivity index (χ2n) is 2.81. The second-order valence-corrected chi connectivity index (χ2v) is 2.81. The number of allylic oxidation sites excluding steroid dienone is 1. The van der Waals surface area contributed by atoms with Crippen LogP contribution in [0.5, 0.6) is 0 Å². The van der Waals surface area contributed by atoms with Crippen molar-refractivity contribution in [3.63, 3.8) is 0 Å². The van der Waals surface area contributed by atoms with Crippen LogP contribution in [0.2, 0.25) is 0 Å². The van der Waals surface area contributed by atoms with E-state index >= 15 is 0 Å². The summed E-state index contributed by atoms with van der Waals surface area (Å²) in [7, 11) is 1.77. The Bertz CT molecular complexity index is 162. The Hall–Kier alpha value is -0.540. The molecule has 0 rings (SSSR count). The van der Waals surface area contributed by atoms with E-state index in [9.17, 15) is 4.79 Å². The van der Waals surface area contributed by atoms with Gasteiger partial charge in [-0.2, -0.15) is 0 Å². The number of halogens is 1. The van der Waals surface area contributed by atoms with Gasteiger partial charge in [-0.25, -0.2) is 0 Å². The van der Waals surface area contributed by atoms with Crippen molar-refractivity contribution in [3.05, 3.63) is 12.7 Å². The van der Waals surface area contributed by atoms with Gasteiger partial charge in [-0.05, 0) is 33.2 Å². The van der Waals surface area contributed by atoms with Crippen LogP contribution in [0.15, 0.2) is 12.7 Å². The first kappa shape index (κ1) is 15.9. The first-order chi connectivity index (χ1) is 6.26. The minimum absolute atomic E-state index is 0. The summed E-state index contributed by atoms with van der Waals surface area (Å²) < 4.78 is 4.90. The molecule has 14 heavy (non-hydrogen) atoms.